The van der Waals surface area contributed by atoms with E-state index in [0.29, 0.717) is 16.5 Å². The average Bonchev–Trinajstić information content (AvgIpc) is 2.89. The van der Waals surface area contributed by atoms with Crippen LogP contribution in [0.15, 0.2) is 24.5 Å². The number of benzene rings is 1. The molecule has 0 spiro atoms. The highest BCUT2D eigenvalue weighted by atomic mass is 35.5. The standard InChI is InChI=1S/C15H20ClN3O2/c1-5-17-13(15-18-6-7-19(15)2)10-8-11(16)14(21-4)12(9-10)20-3/h6-9,13,17H,5H2,1-4H3. The summed E-state index contributed by atoms with van der Waals surface area (Å²) < 4.78 is 12.6. The summed E-state index contributed by atoms with van der Waals surface area (Å²) in [5, 5.41) is 3.94. The maximum atomic E-state index is 6.30. The first-order valence-corrected chi connectivity index (χ1v) is 7.12. The van der Waals surface area contributed by atoms with Crippen LogP contribution in [0.2, 0.25) is 5.02 Å². The molecule has 0 saturated heterocycles. The van der Waals surface area contributed by atoms with Gasteiger partial charge in [-0.05, 0) is 24.2 Å². The van der Waals surface area contributed by atoms with Gasteiger partial charge in [0, 0.05) is 19.4 Å². The van der Waals surface area contributed by atoms with E-state index in [4.69, 9.17) is 21.1 Å². The van der Waals surface area contributed by atoms with Gasteiger partial charge in [0.25, 0.3) is 0 Å². The van der Waals surface area contributed by atoms with Crippen LogP contribution in [0, 0.1) is 0 Å². The number of nitrogens with one attached hydrogen (secondary N) is 1. The molecule has 1 N–H and O–H groups in total. The summed E-state index contributed by atoms with van der Waals surface area (Å²) in [6.45, 7) is 2.86. The van der Waals surface area contributed by atoms with Crippen molar-refractivity contribution in [2.45, 2.75) is 13.0 Å². The largest absolute Gasteiger partial charge is 0.493 e. The molecular formula is C15H20ClN3O2. The van der Waals surface area contributed by atoms with Crippen LogP contribution < -0.4 is 14.8 Å². The zero-order valence-electron chi connectivity index (χ0n) is 12.7. The minimum atomic E-state index is -0.0627. The van der Waals surface area contributed by atoms with E-state index in [1.807, 2.05) is 29.9 Å². The Morgan fingerprint density at radius 3 is 2.62 bits per heavy atom. The molecule has 1 aromatic heterocycles. The van der Waals surface area contributed by atoms with Crippen LogP contribution in [0.1, 0.15) is 24.4 Å². The molecule has 2 rings (SSSR count). The topological polar surface area (TPSA) is 48.3 Å². The second-order valence-electron chi connectivity index (χ2n) is 4.63. The molecule has 0 aliphatic rings. The van der Waals surface area contributed by atoms with Crippen molar-refractivity contribution in [2.24, 2.45) is 7.05 Å². The summed E-state index contributed by atoms with van der Waals surface area (Å²) in [6.07, 6.45) is 3.70. The third kappa shape index (κ3) is 3.14. The summed E-state index contributed by atoms with van der Waals surface area (Å²) in [4.78, 5) is 4.42. The Labute approximate surface area is 129 Å². The average molecular weight is 310 g/mol. The lowest BCUT2D eigenvalue weighted by Gasteiger charge is -2.20. The molecule has 114 valence electrons. The third-order valence-electron chi connectivity index (χ3n) is 3.31. The second kappa shape index (κ2) is 6.83. The van der Waals surface area contributed by atoms with Crippen LogP contribution in [0.5, 0.6) is 11.5 Å². The Morgan fingerprint density at radius 1 is 1.33 bits per heavy atom. The number of imidazole rings is 1. The molecule has 5 nitrogen and oxygen atoms in total. The van der Waals surface area contributed by atoms with Crippen molar-refractivity contribution in [1.29, 1.82) is 0 Å². The molecule has 0 aliphatic heterocycles. The van der Waals surface area contributed by atoms with E-state index in [1.165, 1.54) is 0 Å². The van der Waals surface area contributed by atoms with Gasteiger partial charge in [-0.2, -0.15) is 0 Å². The number of nitrogens with zero attached hydrogens (tertiary/aromatic N) is 2. The van der Waals surface area contributed by atoms with Gasteiger partial charge in [-0.15, -0.1) is 0 Å². The Balaban J connectivity index is 2.51. The van der Waals surface area contributed by atoms with E-state index in [2.05, 4.69) is 17.2 Å². The highest BCUT2D eigenvalue weighted by Gasteiger charge is 2.21. The van der Waals surface area contributed by atoms with Crippen molar-refractivity contribution in [3.63, 3.8) is 0 Å². The van der Waals surface area contributed by atoms with Gasteiger partial charge in [-0.1, -0.05) is 18.5 Å². The van der Waals surface area contributed by atoms with Crippen LogP contribution in [-0.2, 0) is 7.05 Å². The Bertz CT molecular complexity index is 613. The van der Waals surface area contributed by atoms with Crippen molar-refractivity contribution in [2.75, 3.05) is 20.8 Å². The van der Waals surface area contributed by atoms with E-state index in [9.17, 15) is 0 Å². The van der Waals surface area contributed by atoms with E-state index in [-0.39, 0.29) is 6.04 Å². The van der Waals surface area contributed by atoms with E-state index in [1.54, 1.807) is 20.4 Å². The summed E-state index contributed by atoms with van der Waals surface area (Å²) in [5.74, 6) is 2.07. The predicted octanol–water partition coefficient (Wildman–Crippen LogP) is 2.79. The lowest BCUT2D eigenvalue weighted by atomic mass is 10.0. The van der Waals surface area contributed by atoms with E-state index in [0.717, 1.165) is 17.9 Å². The van der Waals surface area contributed by atoms with E-state index < -0.39 is 0 Å². The van der Waals surface area contributed by atoms with Crippen LogP contribution in [-0.4, -0.2) is 30.3 Å². The van der Waals surface area contributed by atoms with Gasteiger partial charge in [0.15, 0.2) is 11.5 Å². The molecule has 1 aromatic carbocycles. The highest BCUT2D eigenvalue weighted by molar-refractivity contribution is 6.32. The first-order valence-electron chi connectivity index (χ1n) is 6.74. The molecule has 0 saturated carbocycles. The summed E-state index contributed by atoms with van der Waals surface area (Å²) >= 11 is 6.30. The molecule has 21 heavy (non-hydrogen) atoms. The molecule has 0 radical (unpaired) electrons. The lowest BCUT2D eigenvalue weighted by Crippen LogP contribution is -2.24. The number of methoxy groups -OCH3 is 2. The molecular weight excluding hydrogens is 290 g/mol. The third-order valence-corrected chi connectivity index (χ3v) is 3.59. The van der Waals surface area contributed by atoms with Gasteiger partial charge in [-0.25, -0.2) is 4.98 Å². The van der Waals surface area contributed by atoms with Gasteiger partial charge in [0.05, 0.1) is 25.3 Å². The lowest BCUT2D eigenvalue weighted by molar-refractivity contribution is 0.354. The number of hydrogen-bond donors (Lipinski definition) is 1. The summed E-state index contributed by atoms with van der Waals surface area (Å²) in [6, 6.07) is 3.74. The SMILES string of the molecule is CCNC(c1cc(Cl)c(OC)c(OC)c1)c1nccn1C. The smallest absolute Gasteiger partial charge is 0.179 e. The van der Waals surface area contributed by atoms with Crippen LogP contribution in [0.25, 0.3) is 0 Å². The highest BCUT2D eigenvalue weighted by Crippen LogP contribution is 2.38. The summed E-state index contributed by atoms with van der Waals surface area (Å²) in [7, 11) is 5.14. The molecule has 6 heteroatoms. The molecule has 1 unspecified atom stereocenters. The quantitative estimate of drug-likeness (QED) is 0.891. The van der Waals surface area contributed by atoms with Crippen molar-refractivity contribution in [3.05, 3.63) is 40.9 Å². The monoisotopic (exact) mass is 309 g/mol. The summed E-state index contributed by atoms with van der Waals surface area (Å²) in [5.41, 5.74) is 0.980. The molecule has 0 bridgehead atoms. The molecule has 0 aliphatic carbocycles. The van der Waals surface area contributed by atoms with Crippen LogP contribution >= 0.6 is 11.6 Å². The maximum absolute atomic E-state index is 6.30. The predicted molar refractivity (Wildman–Crippen MR) is 83.3 cm³/mol. The number of halogens is 1. The second-order valence-corrected chi connectivity index (χ2v) is 5.03. The van der Waals surface area contributed by atoms with Crippen molar-refractivity contribution >= 4 is 11.6 Å². The minimum Gasteiger partial charge on any atom is -0.493 e. The number of rotatable bonds is 6. The van der Waals surface area contributed by atoms with Gasteiger partial charge in [0.1, 0.15) is 5.82 Å². The van der Waals surface area contributed by atoms with Crippen molar-refractivity contribution < 1.29 is 9.47 Å². The molecule has 1 heterocycles. The fraction of sp³-hybridized carbons (Fsp3) is 0.400. The Morgan fingerprint density at radius 2 is 2.10 bits per heavy atom. The molecule has 0 fully saturated rings. The fourth-order valence-electron chi connectivity index (χ4n) is 2.32. The van der Waals surface area contributed by atoms with Crippen LogP contribution in [0.4, 0.5) is 0 Å². The zero-order chi connectivity index (χ0) is 15.4. The van der Waals surface area contributed by atoms with E-state index >= 15 is 0 Å². The van der Waals surface area contributed by atoms with Crippen molar-refractivity contribution in [3.8, 4) is 11.5 Å². The molecule has 1 atom stereocenters. The molecule has 0 amide bonds. The van der Waals surface area contributed by atoms with Gasteiger partial charge in [-0.3, -0.25) is 0 Å². The normalized spacial score (nSPS) is 12.2. The minimum absolute atomic E-state index is 0.0627. The zero-order valence-corrected chi connectivity index (χ0v) is 13.4. The van der Waals surface area contributed by atoms with Gasteiger partial charge < -0.3 is 19.4 Å². The number of hydrogen-bond acceptors (Lipinski definition) is 4. The number of aryl methyl sites for hydroxylation is 1. The fourth-order valence-corrected chi connectivity index (χ4v) is 2.62. The molecule has 2 aromatic rings. The van der Waals surface area contributed by atoms with Crippen LogP contribution in [0.3, 0.4) is 0 Å². The first-order chi connectivity index (χ1) is 10.1. The number of aromatic nitrogens is 2. The van der Waals surface area contributed by atoms with Gasteiger partial charge in [0.2, 0.25) is 0 Å². The Kier molecular flexibility index (Phi) is 5.09. The Hall–Kier alpha value is -1.72. The first kappa shape index (κ1) is 15.7. The number of ether oxygens (including phenoxy) is 2. The maximum Gasteiger partial charge on any atom is 0.179 e. The van der Waals surface area contributed by atoms with Gasteiger partial charge >= 0.3 is 0 Å². The van der Waals surface area contributed by atoms with Crippen molar-refractivity contribution in [1.82, 2.24) is 14.9 Å².